The Kier molecular flexibility index (Phi) is 4.30. The smallest absolute Gasteiger partial charge is 0.360 e. The van der Waals surface area contributed by atoms with Crippen LogP contribution < -0.4 is 0 Å². The fraction of sp³-hybridized carbons (Fsp3) is 0.750. The van der Waals surface area contributed by atoms with Gasteiger partial charge in [-0.2, -0.15) is 0 Å². The molecule has 18 heavy (non-hydrogen) atoms. The van der Waals surface area contributed by atoms with Crippen LogP contribution in [0, 0.1) is 12.8 Å². The molecule has 0 spiro atoms. The van der Waals surface area contributed by atoms with Gasteiger partial charge in [0, 0.05) is 19.8 Å². The Morgan fingerprint density at radius 1 is 1.50 bits per heavy atom. The highest BCUT2D eigenvalue weighted by atomic mass is 16.5. The zero-order chi connectivity index (χ0) is 13.0. The number of rotatable bonds is 4. The lowest BCUT2D eigenvalue weighted by Gasteiger charge is -2.21. The highest BCUT2D eigenvalue weighted by Gasteiger charge is 2.20. The summed E-state index contributed by atoms with van der Waals surface area (Å²) in [4.78, 5) is 11.6. The largest absolute Gasteiger partial charge is 0.461 e. The van der Waals surface area contributed by atoms with Crippen LogP contribution in [0.15, 0.2) is 0 Å². The Morgan fingerprint density at radius 3 is 2.89 bits per heavy atom. The van der Waals surface area contributed by atoms with Crippen molar-refractivity contribution in [2.45, 2.75) is 33.2 Å². The van der Waals surface area contributed by atoms with Crippen LogP contribution in [0.25, 0.3) is 0 Å². The van der Waals surface area contributed by atoms with Crippen LogP contribution in [0.3, 0.4) is 0 Å². The van der Waals surface area contributed by atoms with Crippen LogP contribution >= 0.6 is 0 Å². The molecule has 0 N–H and O–H groups in total. The molecule has 6 nitrogen and oxygen atoms in total. The van der Waals surface area contributed by atoms with E-state index in [2.05, 4.69) is 10.3 Å². The van der Waals surface area contributed by atoms with Crippen molar-refractivity contribution in [1.29, 1.82) is 0 Å². The first kappa shape index (κ1) is 13.0. The topological polar surface area (TPSA) is 66.2 Å². The Labute approximate surface area is 106 Å². The summed E-state index contributed by atoms with van der Waals surface area (Å²) in [5, 5.41) is 7.95. The van der Waals surface area contributed by atoms with Crippen molar-refractivity contribution in [1.82, 2.24) is 15.0 Å². The zero-order valence-electron chi connectivity index (χ0n) is 10.9. The molecule has 0 atom stereocenters. The standard InChI is InChI=1S/C12H19N3O3/c1-3-18-12(16)11-9(2)15(14-13-11)8-10-4-6-17-7-5-10/h10H,3-8H2,1-2H3. The van der Waals surface area contributed by atoms with Crippen molar-refractivity contribution in [2.75, 3.05) is 19.8 Å². The number of esters is 1. The molecule has 0 aromatic carbocycles. The van der Waals surface area contributed by atoms with E-state index in [1.54, 1.807) is 11.6 Å². The van der Waals surface area contributed by atoms with Gasteiger partial charge in [-0.25, -0.2) is 9.48 Å². The molecular weight excluding hydrogens is 234 g/mol. The second-order valence-corrected chi connectivity index (χ2v) is 4.48. The SMILES string of the molecule is CCOC(=O)c1nnn(CC2CCOCC2)c1C. The highest BCUT2D eigenvalue weighted by molar-refractivity contribution is 5.88. The first-order chi connectivity index (χ1) is 8.72. The fourth-order valence-electron chi connectivity index (χ4n) is 2.10. The molecule has 1 aliphatic heterocycles. The van der Waals surface area contributed by atoms with Crippen LogP contribution in [0.1, 0.15) is 35.9 Å². The monoisotopic (exact) mass is 253 g/mol. The molecule has 1 saturated heterocycles. The predicted octanol–water partition coefficient (Wildman–Crippen LogP) is 1.19. The molecule has 1 fully saturated rings. The number of ether oxygens (including phenoxy) is 2. The summed E-state index contributed by atoms with van der Waals surface area (Å²) in [5.74, 6) is 0.155. The summed E-state index contributed by atoms with van der Waals surface area (Å²) in [6.45, 7) is 6.39. The summed E-state index contributed by atoms with van der Waals surface area (Å²) in [6, 6.07) is 0. The number of aromatic nitrogens is 3. The molecule has 6 heteroatoms. The van der Waals surface area contributed by atoms with Gasteiger partial charge >= 0.3 is 5.97 Å². The predicted molar refractivity (Wildman–Crippen MR) is 64.3 cm³/mol. The van der Waals surface area contributed by atoms with Gasteiger partial charge < -0.3 is 9.47 Å². The van der Waals surface area contributed by atoms with E-state index in [9.17, 15) is 4.79 Å². The maximum absolute atomic E-state index is 11.6. The van der Waals surface area contributed by atoms with Crippen LogP contribution in [0.5, 0.6) is 0 Å². The van der Waals surface area contributed by atoms with Gasteiger partial charge in [0.15, 0.2) is 5.69 Å². The number of hydrogen-bond donors (Lipinski definition) is 0. The van der Waals surface area contributed by atoms with E-state index in [0.717, 1.165) is 38.3 Å². The minimum atomic E-state index is -0.395. The quantitative estimate of drug-likeness (QED) is 0.754. The first-order valence-corrected chi connectivity index (χ1v) is 6.37. The highest BCUT2D eigenvalue weighted by Crippen LogP contribution is 2.18. The first-order valence-electron chi connectivity index (χ1n) is 6.37. The molecule has 100 valence electrons. The lowest BCUT2D eigenvalue weighted by atomic mass is 10.0. The number of carbonyl (C=O) groups excluding carboxylic acids is 1. The number of nitrogens with zero attached hydrogens (tertiary/aromatic N) is 3. The van der Waals surface area contributed by atoms with Crippen molar-refractivity contribution in [3.05, 3.63) is 11.4 Å². The number of carbonyl (C=O) groups is 1. The number of hydrogen-bond acceptors (Lipinski definition) is 5. The molecule has 0 saturated carbocycles. The third-order valence-electron chi connectivity index (χ3n) is 3.22. The van der Waals surface area contributed by atoms with E-state index in [1.807, 2.05) is 6.92 Å². The molecule has 0 aliphatic carbocycles. The van der Waals surface area contributed by atoms with E-state index < -0.39 is 5.97 Å². The minimum absolute atomic E-state index is 0.323. The lowest BCUT2D eigenvalue weighted by molar-refractivity contribution is 0.0517. The van der Waals surface area contributed by atoms with E-state index in [4.69, 9.17) is 9.47 Å². The van der Waals surface area contributed by atoms with Crippen LogP contribution in [-0.2, 0) is 16.0 Å². The van der Waals surface area contributed by atoms with Crippen LogP contribution in [-0.4, -0.2) is 40.8 Å². The second kappa shape index (κ2) is 5.95. The maximum atomic E-state index is 11.6. The summed E-state index contributed by atoms with van der Waals surface area (Å²) in [6.07, 6.45) is 2.07. The molecule has 2 rings (SSSR count). The molecule has 0 amide bonds. The van der Waals surface area contributed by atoms with E-state index in [-0.39, 0.29) is 0 Å². The molecule has 1 aromatic heterocycles. The van der Waals surface area contributed by atoms with Gasteiger partial charge in [-0.15, -0.1) is 5.10 Å². The van der Waals surface area contributed by atoms with Gasteiger partial charge in [0.05, 0.1) is 12.3 Å². The molecule has 0 radical (unpaired) electrons. The minimum Gasteiger partial charge on any atom is -0.461 e. The van der Waals surface area contributed by atoms with Crippen molar-refractivity contribution in [3.63, 3.8) is 0 Å². The third-order valence-corrected chi connectivity index (χ3v) is 3.22. The van der Waals surface area contributed by atoms with Gasteiger partial charge in [-0.1, -0.05) is 5.21 Å². The summed E-state index contributed by atoms with van der Waals surface area (Å²) < 4.78 is 12.1. The van der Waals surface area contributed by atoms with Gasteiger partial charge in [0.1, 0.15) is 0 Å². The molecule has 0 unspecified atom stereocenters. The van der Waals surface area contributed by atoms with Crippen molar-refractivity contribution in [2.24, 2.45) is 5.92 Å². The molecule has 2 heterocycles. The lowest BCUT2D eigenvalue weighted by Crippen LogP contribution is -2.21. The maximum Gasteiger partial charge on any atom is 0.360 e. The zero-order valence-corrected chi connectivity index (χ0v) is 10.9. The molecular formula is C12H19N3O3. The van der Waals surface area contributed by atoms with Gasteiger partial charge in [0.2, 0.25) is 0 Å². The average Bonchev–Trinajstić information content (AvgIpc) is 2.73. The third kappa shape index (κ3) is 2.87. The fourth-order valence-corrected chi connectivity index (χ4v) is 2.10. The van der Waals surface area contributed by atoms with Gasteiger partial charge in [0.25, 0.3) is 0 Å². The van der Waals surface area contributed by atoms with Crippen molar-refractivity contribution < 1.29 is 14.3 Å². The Balaban J connectivity index is 2.03. The van der Waals surface area contributed by atoms with Crippen molar-refractivity contribution in [3.8, 4) is 0 Å². The Morgan fingerprint density at radius 2 is 2.22 bits per heavy atom. The molecule has 1 aliphatic rings. The Hall–Kier alpha value is -1.43. The second-order valence-electron chi connectivity index (χ2n) is 4.48. The summed E-state index contributed by atoms with van der Waals surface area (Å²) in [5.41, 5.74) is 1.10. The summed E-state index contributed by atoms with van der Waals surface area (Å²) in [7, 11) is 0. The molecule has 1 aromatic rings. The van der Waals surface area contributed by atoms with E-state index in [0.29, 0.717) is 18.2 Å². The van der Waals surface area contributed by atoms with Crippen molar-refractivity contribution >= 4 is 5.97 Å². The van der Waals surface area contributed by atoms with Crippen LogP contribution in [0.4, 0.5) is 0 Å². The van der Waals surface area contributed by atoms with Crippen LogP contribution in [0.2, 0.25) is 0 Å². The molecule has 0 bridgehead atoms. The van der Waals surface area contributed by atoms with Gasteiger partial charge in [-0.05, 0) is 32.6 Å². The van der Waals surface area contributed by atoms with Gasteiger partial charge in [-0.3, -0.25) is 0 Å². The Bertz CT molecular complexity index is 411. The average molecular weight is 253 g/mol. The summed E-state index contributed by atoms with van der Waals surface area (Å²) >= 11 is 0. The van der Waals surface area contributed by atoms with E-state index >= 15 is 0 Å². The van der Waals surface area contributed by atoms with E-state index in [1.165, 1.54) is 0 Å². The normalized spacial score (nSPS) is 16.8.